The van der Waals surface area contributed by atoms with Crippen LogP contribution in [0.4, 0.5) is 0 Å². The quantitative estimate of drug-likeness (QED) is 0.287. The van der Waals surface area contributed by atoms with Gasteiger partial charge >= 0.3 is 42.4 Å². The molecule has 9 atom stereocenters. The van der Waals surface area contributed by atoms with Gasteiger partial charge in [-0.3, -0.25) is 6.92 Å². The van der Waals surface area contributed by atoms with Crippen LogP contribution in [0, 0.1) is 65.1 Å². The third-order valence-electron chi connectivity index (χ3n) is 10.4. The minimum atomic E-state index is -1.94. The van der Waals surface area contributed by atoms with Crippen LogP contribution in [0.2, 0.25) is 0 Å². The van der Waals surface area contributed by atoms with E-state index in [1.54, 1.807) is 0 Å². The summed E-state index contributed by atoms with van der Waals surface area (Å²) < 4.78 is 0. The first-order valence-corrected chi connectivity index (χ1v) is 20.8. The van der Waals surface area contributed by atoms with E-state index in [0.29, 0.717) is 11.3 Å². The fourth-order valence-electron chi connectivity index (χ4n) is 9.11. The van der Waals surface area contributed by atoms with E-state index in [9.17, 15) is 5.11 Å². The van der Waals surface area contributed by atoms with Crippen molar-refractivity contribution in [2.24, 2.45) is 52.3 Å². The molecular formula is C27H46Cl4MoO-. The molecule has 195 valence electrons. The fourth-order valence-corrected chi connectivity index (χ4v) is 9.11. The molecular weight excluding hydrogens is 578 g/mol. The van der Waals surface area contributed by atoms with Gasteiger partial charge in [-0.05, 0) is 86.4 Å². The molecule has 0 aliphatic heterocycles. The zero-order chi connectivity index (χ0) is 23.8. The molecule has 0 heterocycles. The second kappa shape index (κ2) is 12.5. The van der Waals surface area contributed by atoms with Gasteiger partial charge in [0.2, 0.25) is 0 Å². The van der Waals surface area contributed by atoms with Crippen LogP contribution >= 0.6 is 28.3 Å². The van der Waals surface area contributed by atoms with E-state index < -0.39 is 14.2 Å². The molecule has 1 N–H and O–H groups in total. The van der Waals surface area contributed by atoms with Crippen molar-refractivity contribution in [3.63, 3.8) is 0 Å². The molecule has 0 aromatic rings. The number of fused-ring (bicyclic) bond motifs is 5. The summed E-state index contributed by atoms with van der Waals surface area (Å²) in [5, 5.41) is 11.1. The Labute approximate surface area is 228 Å². The monoisotopic (exact) mass is 624 g/mol. The van der Waals surface area contributed by atoms with E-state index in [-0.39, 0.29) is 23.9 Å². The van der Waals surface area contributed by atoms with Gasteiger partial charge in [0.15, 0.2) is 6.10 Å². The summed E-state index contributed by atoms with van der Waals surface area (Å²) in [6.45, 7) is 16.8. The second-order valence-corrected chi connectivity index (χ2v) is 21.6. The Hall–Kier alpha value is 1.68. The van der Waals surface area contributed by atoms with Crippen molar-refractivity contribution in [1.82, 2.24) is 0 Å². The summed E-state index contributed by atoms with van der Waals surface area (Å²) in [4.78, 5) is 0. The Morgan fingerprint density at radius 2 is 1.64 bits per heavy atom. The molecule has 0 saturated heterocycles. The molecule has 1 nitrogen and oxygen atoms in total. The predicted octanol–water partition coefficient (Wildman–Crippen LogP) is 6.17. The van der Waals surface area contributed by atoms with Crippen molar-refractivity contribution in [1.29, 1.82) is 0 Å². The van der Waals surface area contributed by atoms with Crippen LogP contribution in [0.15, 0.2) is 0 Å². The first kappa shape index (κ1) is 30.9. The molecule has 0 unspecified atom stereocenters. The van der Waals surface area contributed by atoms with Crippen LogP contribution < -0.4 is 12.4 Å². The molecule has 4 rings (SSSR count). The Balaban J connectivity index is 0.000000714. The van der Waals surface area contributed by atoms with E-state index in [1.165, 1.54) is 63.7 Å². The molecule has 4 aliphatic carbocycles. The molecule has 4 saturated carbocycles. The summed E-state index contributed by atoms with van der Waals surface area (Å²) >= 11 is -1.94. The Morgan fingerprint density at radius 3 is 2.24 bits per heavy atom. The summed E-state index contributed by atoms with van der Waals surface area (Å²) in [5.74, 6) is 6.86. The van der Waals surface area contributed by atoms with Crippen LogP contribution in [0.3, 0.4) is 0 Å². The van der Waals surface area contributed by atoms with E-state index in [0.717, 1.165) is 41.9 Å². The number of halogens is 4. The summed E-state index contributed by atoms with van der Waals surface area (Å²) in [7, 11) is 14.9. The number of hydrogen-bond donors (Lipinski definition) is 1. The summed E-state index contributed by atoms with van der Waals surface area (Å²) in [6, 6.07) is 0. The van der Waals surface area contributed by atoms with Crippen molar-refractivity contribution in [2.75, 3.05) is 0 Å². The first-order chi connectivity index (χ1) is 14.9. The van der Waals surface area contributed by atoms with E-state index in [1.807, 2.05) is 0 Å². The molecule has 0 radical (unpaired) electrons. The molecule has 4 fully saturated rings. The minimum absolute atomic E-state index is 0. The van der Waals surface area contributed by atoms with Gasteiger partial charge in [-0.1, -0.05) is 47.0 Å². The van der Waals surface area contributed by atoms with Gasteiger partial charge < -0.3 is 17.5 Å². The van der Waals surface area contributed by atoms with Crippen LogP contribution in [0.5, 0.6) is 0 Å². The number of hydrogen-bond acceptors (Lipinski definition) is 1. The van der Waals surface area contributed by atoms with Crippen molar-refractivity contribution >= 4 is 28.3 Å². The van der Waals surface area contributed by atoms with Gasteiger partial charge in [0, 0.05) is 12.3 Å². The molecule has 33 heavy (non-hydrogen) atoms. The molecule has 6 heteroatoms. The number of aliphatic hydroxyl groups is 1. The Kier molecular flexibility index (Phi) is 11.7. The third-order valence-corrected chi connectivity index (χ3v) is 10.4. The third kappa shape index (κ3) is 6.40. The topological polar surface area (TPSA) is 20.2 Å². The average molecular weight is 624 g/mol. The van der Waals surface area contributed by atoms with Crippen LogP contribution in [-0.2, 0) is 14.2 Å². The number of rotatable bonds is 5. The Bertz CT molecular complexity index is 616. The van der Waals surface area contributed by atoms with Gasteiger partial charge in [-0.2, -0.15) is 0 Å². The molecule has 0 aromatic heterocycles. The van der Waals surface area contributed by atoms with Crippen LogP contribution in [0.1, 0.15) is 98.8 Å². The normalized spacial score (nSPS) is 42.7. The zero-order valence-electron chi connectivity index (χ0n) is 21.3. The van der Waals surface area contributed by atoms with Crippen molar-refractivity contribution in [3.8, 4) is 0 Å². The van der Waals surface area contributed by atoms with E-state index in [2.05, 4.69) is 41.5 Å². The van der Waals surface area contributed by atoms with Gasteiger partial charge in [0.25, 0.3) is 0 Å². The van der Waals surface area contributed by atoms with Crippen molar-refractivity contribution < 1.29 is 31.7 Å². The standard InChI is InChI=1S/C27H46O.4ClH.Mo/c1-17(2)8-7-9-18(3)21-10-11-22-20-16-24(28)25-19(4)12-14-27(25,6)23(20)13-15-26(21,22)5;;;;;/h17-24,28H,4,7-16H2,1-3,5-6H3;4*1H;/q;;;;;+3/p-4/t18-,19+,20+,21-,22+,23+,24-,26-,27-;;;;;/m1...../s1. The Morgan fingerprint density at radius 1 is 1.00 bits per heavy atom. The van der Waals surface area contributed by atoms with Gasteiger partial charge in [0.05, 0.1) is 5.92 Å². The van der Waals surface area contributed by atoms with Crippen LogP contribution in [-0.4, -0.2) is 11.2 Å². The summed E-state index contributed by atoms with van der Waals surface area (Å²) in [6.07, 6.45) is 13.2. The SMILES string of the molecule is [CH2-][C@H]1CC[C@@]2(C)[C+]1[C@H](O)C[C@H]1[C@@H]3CC[C@H]([C@H](C)CCCC(C)C)[C@@]3(C)CC[C@@H]12.[Cl-].[Cl][Mo]([Cl])[Cl]. The molecule has 0 amide bonds. The average Bonchev–Trinajstić information content (AvgIpc) is 3.18. The predicted molar refractivity (Wildman–Crippen MR) is 136 cm³/mol. The molecule has 4 aliphatic rings. The van der Waals surface area contributed by atoms with Gasteiger partial charge in [0.1, 0.15) is 5.41 Å². The summed E-state index contributed by atoms with van der Waals surface area (Å²) in [5.41, 5.74) is 0.797. The van der Waals surface area contributed by atoms with Gasteiger partial charge in [-0.25, -0.2) is 0 Å². The maximum atomic E-state index is 11.1. The zero-order valence-corrected chi connectivity index (χ0v) is 26.3. The molecule has 0 aromatic carbocycles. The maximum absolute atomic E-state index is 11.1. The number of aliphatic hydroxyl groups excluding tert-OH is 1. The van der Waals surface area contributed by atoms with Crippen LogP contribution in [0.25, 0.3) is 0 Å². The van der Waals surface area contributed by atoms with Gasteiger partial charge in [-0.15, -0.1) is 0 Å². The van der Waals surface area contributed by atoms with Crippen molar-refractivity contribution in [3.05, 3.63) is 12.8 Å². The first-order valence-electron chi connectivity index (χ1n) is 13.0. The second-order valence-electron chi connectivity index (χ2n) is 12.4. The molecule has 0 bridgehead atoms. The van der Waals surface area contributed by atoms with E-state index >= 15 is 0 Å². The fraction of sp³-hybridized carbons (Fsp3) is 0.926. The van der Waals surface area contributed by atoms with E-state index in [4.69, 9.17) is 28.3 Å². The van der Waals surface area contributed by atoms with Crippen molar-refractivity contribution in [2.45, 2.75) is 105 Å². The molecule has 0 spiro atoms.